The fourth-order valence-electron chi connectivity index (χ4n) is 6.80. The van der Waals surface area contributed by atoms with Crippen LogP contribution in [0.2, 0.25) is 0 Å². The molecule has 0 amide bonds. The molecule has 0 fully saturated rings. The van der Waals surface area contributed by atoms with Crippen molar-refractivity contribution < 1.29 is 37.3 Å². The van der Waals surface area contributed by atoms with Crippen LogP contribution in [0.15, 0.2) is 42.7 Å². The molecule has 266 valence electrons. The summed E-state index contributed by atoms with van der Waals surface area (Å²) in [4.78, 5) is 28.4. The van der Waals surface area contributed by atoms with E-state index in [1.807, 2.05) is 24.3 Å². The Kier molecular flexibility index (Phi) is 10.4. The molecule has 5 aromatic rings. The third kappa shape index (κ3) is 5.90. The standard InChI is InChI=1S/C40H46O10/c1-19(2)17-25-33-29(38(46-10)40(48-12)35(25)43-7)31(42)27(22(6)49-33)23-13-15-24(16-14-23)32-21(5)30(41)28-34(50-32)26(18-20(3)4)36(44-8)39(47-11)37(28)45-9/h13-16,19-20H,17-18H2,1-12H3. The van der Waals surface area contributed by atoms with E-state index >= 15 is 0 Å². The van der Waals surface area contributed by atoms with E-state index in [4.69, 9.17) is 37.3 Å². The van der Waals surface area contributed by atoms with Crippen molar-refractivity contribution in [2.24, 2.45) is 11.8 Å². The lowest BCUT2D eigenvalue weighted by Gasteiger charge is -2.21. The van der Waals surface area contributed by atoms with E-state index in [2.05, 4.69) is 27.7 Å². The molecule has 0 spiro atoms. The van der Waals surface area contributed by atoms with Crippen molar-refractivity contribution in [1.29, 1.82) is 0 Å². The molecule has 0 atom stereocenters. The summed E-state index contributed by atoms with van der Waals surface area (Å²) in [6, 6.07) is 7.28. The van der Waals surface area contributed by atoms with Gasteiger partial charge in [0.05, 0.1) is 48.2 Å². The van der Waals surface area contributed by atoms with E-state index in [1.54, 1.807) is 28.1 Å². The van der Waals surface area contributed by atoms with E-state index in [-0.39, 0.29) is 39.6 Å². The van der Waals surface area contributed by atoms with Gasteiger partial charge in [0.25, 0.3) is 0 Å². The van der Waals surface area contributed by atoms with E-state index < -0.39 is 0 Å². The summed E-state index contributed by atoms with van der Waals surface area (Å²) < 4.78 is 47.4. The van der Waals surface area contributed by atoms with Gasteiger partial charge in [-0.15, -0.1) is 0 Å². The Balaban J connectivity index is 1.75. The van der Waals surface area contributed by atoms with Crippen LogP contribution in [-0.4, -0.2) is 42.7 Å². The number of methoxy groups -OCH3 is 6. The van der Waals surface area contributed by atoms with Crippen molar-refractivity contribution in [3.63, 3.8) is 0 Å². The second kappa shape index (κ2) is 14.4. The van der Waals surface area contributed by atoms with Gasteiger partial charge in [-0.25, -0.2) is 0 Å². The quantitative estimate of drug-likeness (QED) is 0.127. The van der Waals surface area contributed by atoms with Gasteiger partial charge in [0.1, 0.15) is 33.5 Å². The molecule has 50 heavy (non-hydrogen) atoms. The Morgan fingerprint density at radius 1 is 0.540 bits per heavy atom. The molecule has 0 aliphatic heterocycles. The predicted molar refractivity (Wildman–Crippen MR) is 195 cm³/mol. The van der Waals surface area contributed by atoms with E-state index in [0.29, 0.717) is 91.7 Å². The predicted octanol–water partition coefficient (Wildman–Crippen LogP) is 8.30. The fourth-order valence-corrected chi connectivity index (χ4v) is 6.80. The van der Waals surface area contributed by atoms with Crippen molar-refractivity contribution in [3.8, 4) is 56.9 Å². The number of hydrogen-bond donors (Lipinski definition) is 0. The number of ether oxygens (including phenoxy) is 6. The van der Waals surface area contributed by atoms with Crippen molar-refractivity contribution in [2.45, 2.75) is 54.4 Å². The molecule has 10 nitrogen and oxygen atoms in total. The molecule has 0 radical (unpaired) electrons. The van der Waals surface area contributed by atoms with Crippen LogP contribution in [0.4, 0.5) is 0 Å². The first-order chi connectivity index (χ1) is 23.9. The van der Waals surface area contributed by atoms with Gasteiger partial charge in [-0.05, 0) is 44.1 Å². The number of hydrogen-bond acceptors (Lipinski definition) is 10. The number of rotatable bonds is 12. The zero-order valence-corrected chi connectivity index (χ0v) is 31.0. The van der Waals surface area contributed by atoms with Crippen molar-refractivity contribution >= 4 is 21.9 Å². The Labute approximate surface area is 291 Å². The minimum atomic E-state index is -0.265. The maximum atomic E-state index is 14.4. The van der Waals surface area contributed by atoms with E-state index in [0.717, 1.165) is 5.56 Å². The molecule has 0 unspecified atom stereocenters. The highest BCUT2D eigenvalue weighted by molar-refractivity contribution is 5.96. The number of fused-ring (bicyclic) bond motifs is 2. The maximum Gasteiger partial charge on any atom is 0.204 e. The molecule has 5 rings (SSSR count). The highest BCUT2D eigenvalue weighted by Crippen LogP contribution is 2.49. The molecule has 0 aliphatic rings. The summed E-state index contributed by atoms with van der Waals surface area (Å²) in [5, 5.41) is 0.568. The summed E-state index contributed by atoms with van der Waals surface area (Å²) in [5.74, 6) is 3.40. The minimum absolute atomic E-state index is 0.220. The fraction of sp³-hybridized carbons (Fsp3) is 0.400. The summed E-state index contributed by atoms with van der Waals surface area (Å²) in [6.45, 7) is 11.8. The molecular weight excluding hydrogens is 640 g/mol. The van der Waals surface area contributed by atoms with Gasteiger partial charge in [0.15, 0.2) is 28.4 Å². The van der Waals surface area contributed by atoms with Crippen molar-refractivity contribution in [2.75, 3.05) is 42.7 Å². The maximum absolute atomic E-state index is 14.4. The summed E-state index contributed by atoms with van der Waals surface area (Å²) >= 11 is 0. The number of aryl methyl sites for hydroxylation is 1. The molecule has 0 bridgehead atoms. The molecule has 3 aromatic carbocycles. The SMILES string of the molecule is COc1c(OC)c(OC)c2c(=O)c(C)c(-c3ccc(-c4c(C)oc5c(CC(C)C)c(OC)c(OC)c(OC)c5c4=O)cc3)oc2c1CC(C)C. The normalized spacial score (nSPS) is 11.5. The van der Waals surface area contributed by atoms with Crippen LogP contribution >= 0.6 is 0 Å². The van der Waals surface area contributed by atoms with Crippen molar-refractivity contribution in [3.05, 3.63) is 67.2 Å². The zero-order valence-electron chi connectivity index (χ0n) is 31.0. The third-order valence-corrected chi connectivity index (χ3v) is 8.89. The first kappa shape index (κ1) is 36.2. The highest BCUT2D eigenvalue weighted by Gasteiger charge is 2.30. The van der Waals surface area contributed by atoms with Crippen LogP contribution in [-0.2, 0) is 12.8 Å². The molecule has 2 aromatic heterocycles. The molecule has 0 N–H and O–H groups in total. The molecule has 0 aliphatic carbocycles. The van der Waals surface area contributed by atoms with Crippen molar-refractivity contribution in [1.82, 2.24) is 0 Å². The largest absolute Gasteiger partial charge is 0.492 e. The smallest absolute Gasteiger partial charge is 0.204 e. The van der Waals surface area contributed by atoms with Gasteiger partial charge in [0.2, 0.25) is 16.9 Å². The van der Waals surface area contributed by atoms with Crippen LogP contribution in [0.25, 0.3) is 44.4 Å². The summed E-state index contributed by atoms with van der Waals surface area (Å²) in [6.07, 6.45) is 1.16. The van der Waals surface area contributed by atoms with Crippen LogP contribution in [0.3, 0.4) is 0 Å². The van der Waals surface area contributed by atoms with Gasteiger partial charge in [-0.1, -0.05) is 52.0 Å². The lowest BCUT2D eigenvalue weighted by Crippen LogP contribution is -2.13. The van der Waals surface area contributed by atoms with E-state index in [9.17, 15) is 9.59 Å². The van der Waals surface area contributed by atoms with Gasteiger partial charge in [-0.3, -0.25) is 9.59 Å². The zero-order chi connectivity index (χ0) is 36.6. The Morgan fingerprint density at radius 2 is 0.940 bits per heavy atom. The lowest BCUT2D eigenvalue weighted by atomic mass is 9.95. The molecular formula is C40H46O10. The highest BCUT2D eigenvalue weighted by atomic mass is 16.5. The Morgan fingerprint density at radius 3 is 1.36 bits per heavy atom. The van der Waals surface area contributed by atoms with Gasteiger partial charge < -0.3 is 37.3 Å². The summed E-state index contributed by atoms with van der Waals surface area (Å²) in [5.41, 5.74) is 3.78. The van der Waals surface area contributed by atoms with Crippen LogP contribution in [0.5, 0.6) is 34.5 Å². The van der Waals surface area contributed by atoms with Crippen LogP contribution < -0.4 is 39.3 Å². The van der Waals surface area contributed by atoms with Crippen LogP contribution in [0, 0.1) is 25.7 Å². The molecule has 0 saturated heterocycles. The molecule has 0 saturated carbocycles. The van der Waals surface area contributed by atoms with Crippen LogP contribution in [0.1, 0.15) is 50.1 Å². The third-order valence-electron chi connectivity index (χ3n) is 8.89. The first-order valence-electron chi connectivity index (χ1n) is 16.6. The topological polar surface area (TPSA) is 116 Å². The monoisotopic (exact) mass is 686 g/mol. The van der Waals surface area contributed by atoms with Gasteiger partial charge >= 0.3 is 0 Å². The Hall–Kier alpha value is -5.12. The molecule has 2 heterocycles. The summed E-state index contributed by atoms with van der Waals surface area (Å²) in [7, 11) is 9.11. The Bertz CT molecular complexity index is 2190. The second-order valence-corrected chi connectivity index (χ2v) is 13.1. The molecule has 10 heteroatoms. The first-order valence-corrected chi connectivity index (χ1v) is 16.6. The number of benzene rings is 3. The second-order valence-electron chi connectivity index (χ2n) is 13.1. The minimum Gasteiger partial charge on any atom is -0.492 e. The van der Waals surface area contributed by atoms with Gasteiger partial charge in [-0.2, -0.15) is 0 Å². The average Bonchev–Trinajstić information content (AvgIpc) is 3.09. The average molecular weight is 687 g/mol. The van der Waals surface area contributed by atoms with Gasteiger partial charge in [0, 0.05) is 22.3 Å². The lowest BCUT2D eigenvalue weighted by molar-refractivity contribution is 0.323. The van der Waals surface area contributed by atoms with E-state index in [1.165, 1.54) is 28.4 Å².